The predicted octanol–water partition coefficient (Wildman–Crippen LogP) is 1.98. The molecule has 5 heteroatoms. The van der Waals surface area contributed by atoms with E-state index in [1.165, 1.54) is 0 Å². The van der Waals surface area contributed by atoms with Gasteiger partial charge in [0, 0.05) is 23.9 Å². The molecule has 2 aromatic rings. The first-order valence-electron chi connectivity index (χ1n) is 6.25. The number of pyridine rings is 1. The molecule has 0 radical (unpaired) electrons. The number of hydrogen-bond acceptors (Lipinski definition) is 5. The van der Waals surface area contributed by atoms with Gasteiger partial charge in [-0.3, -0.25) is 4.98 Å². The standard InChI is InChI=1S/C13H18N4O/c1-3-14-7-4-5-12-16-17-13(18-12)11-6-8-15-10(2)9-11/h6,8-9,14H,3-5,7H2,1-2H3. The Morgan fingerprint density at radius 3 is 3.00 bits per heavy atom. The summed E-state index contributed by atoms with van der Waals surface area (Å²) in [4.78, 5) is 4.14. The molecule has 18 heavy (non-hydrogen) atoms. The van der Waals surface area contributed by atoms with E-state index in [9.17, 15) is 0 Å². The van der Waals surface area contributed by atoms with Gasteiger partial charge in [-0.15, -0.1) is 10.2 Å². The predicted molar refractivity (Wildman–Crippen MR) is 69.1 cm³/mol. The highest BCUT2D eigenvalue weighted by molar-refractivity contribution is 5.52. The lowest BCUT2D eigenvalue weighted by Gasteiger charge is -1.98. The summed E-state index contributed by atoms with van der Waals surface area (Å²) in [5, 5.41) is 11.4. The SMILES string of the molecule is CCNCCCc1nnc(-c2ccnc(C)c2)o1. The van der Waals surface area contributed by atoms with E-state index in [-0.39, 0.29) is 0 Å². The lowest BCUT2D eigenvalue weighted by atomic mass is 10.2. The Hall–Kier alpha value is -1.75. The number of aryl methyl sites for hydroxylation is 2. The van der Waals surface area contributed by atoms with E-state index >= 15 is 0 Å². The van der Waals surface area contributed by atoms with Crippen LogP contribution in [0.1, 0.15) is 24.9 Å². The van der Waals surface area contributed by atoms with Crippen LogP contribution < -0.4 is 5.32 Å². The van der Waals surface area contributed by atoms with Gasteiger partial charge in [-0.2, -0.15) is 0 Å². The van der Waals surface area contributed by atoms with Crippen molar-refractivity contribution >= 4 is 0 Å². The Bertz CT molecular complexity index is 495. The fourth-order valence-corrected chi connectivity index (χ4v) is 1.69. The topological polar surface area (TPSA) is 63.8 Å². The second kappa shape index (κ2) is 6.26. The number of aromatic nitrogens is 3. The third kappa shape index (κ3) is 3.37. The second-order valence-corrected chi connectivity index (χ2v) is 4.14. The van der Waals surface area contributed by atoms with Gasteiger partial charge in [0.15, 0.2) is 0 Å². The summed E-state index contributed by atoms with van der Waals surface area (Å²) >= 11 is 0. The van der Waals surface area contributed by atoms with E-state index in [1.807, 2.05) is 19.1 Å². The molecule has 0 spiro atoms. The van der Waals surface area contributed by atoms with Crippen molar-refractivity contribution < 1.29 is 4.42 Å². The molecule has 2 heterocycles. The van der Waals surface area contributed by atoms with Crippen molar-refractivity contribution in [2.24, 2.45) is 0 Å². The minimum atomic E-state index is 0.568. The zero-order valence-corrected chi connectivity index (χ0v) is 10.8. The van der Waals surface area contributed by atoms with Gasteiger partial charge in [0.05, 0.1) is 0 Å². The summed E-state index contributed by atoms with van der Waals surface area (Å²) in [6.45, 7) is 6.00. The first-order chi connectivity index (χ1) is 8.79. The molecule has 0 amide bonds. The van der Waals surface area contributed by atoms with Crippen molar-refractivity contribution in [3.63, 3.8) is 0 Å². The molecule has 2 rings (SSSR count). The number of nitrogens with zero attached hydrogens (tertiary/aromatic N) is 3. The summed E-state index contributed by atoms with van der Waals surface area (Å²) in [7, 11) is 0. The number of hydrogen-bond donors (Lipinski definition) is 1. The van der Waals surface area contributed by atoms with Gasteiger partial charge < -0.3 is 9.73 Å². The van der Waals surface area contributed by atoms with Crippen LogP contribution in [0.3, 0.4) is 0 Å². The van der Waals surface area contributed by atoms with Crippen molar-refractivity contribution in [3.05, 3.63) is 29.9 Å². The van der Waals surface area contributed by atoms with Gasteiger partial charge in [0.2, 0.25) is 11.8 Å². The van der Waals surface area contributed by atoms with E-state index in [4.69, 9.17) is 4.42 Å². The molecule has 2 aromatic heterocycles. The molecule has 0 atom stereocenters. The highest BCUT2D eigenvalue weighted by atomic mass is 16.4. The van der Waals surface area contributed by atoms with Gasteiger partial charge >= 0.3 is 0 Å². The Kier molecular flexibility index (Phi) is 4.41. The van der Waals surface area contributed by atoms with Crippen LogP contribution in [-0.2, 0) is 6.42 Å². The molecule has 0 fully saturated rings. The molecule has 0 aliphatic rings. The summed E-state index contributed by atoms with van der Waals surface area (Å²) in [6.07, 6.45) is 3.56. The molecule has 0 unspecified atom stereocenters. The molecule has 0 bridgehead atoms. The lowest BCUT2D eigenvalue weighted by Crippen LogP contribution is -2.14. The summed E-state index contributed by atoms with van der Waals surface area (Å²) in [5.41, 5.74) is 1.87. The van der Waals surface area contributed by atoms with Gasteiger partial charge in [-0.05, 0) is 38.6 Å². The maximum Gasteiger partial charge on any atom is 0.247 e. The molecule has 0 aliphatic heterocycles. The van der Waals surface area contributed by atoms with E-state index in [0.29, 0.717) is 11.8 Å². The normalized spacial score (nSPS) is 10.8. The smallest absolute Gasteiger partial charge is 0.247 e. The Balaban J connectivity index is 1.97. The zero-order valence-electron chi connectivity index (χ0n) is 10.8. The van der Waals surface area contributed by atoms with Crippen LogP contribution in [0.15, 0.2) is 22.7 Å². The largest absolute Gasteiger partial charge is 0.421 e. The van der Waals surface area contributed by atoms with Crippen LogP contribution in [0.25, 0.3) is 11.5 Å². The highest BCUT2D eigenvalue weighted by Gasteiger charge is 2.08. The summed E-state index contributed by atoms with van der Waals surface area (Å²) in [5.74, 6) is 1.26. The van der Waals surface area contributed by atoms with Crippen LogP contribution in [0.2, 0.25) is 0 Å². The van der Waals surface area contributed by atoms with E-state index in [1.54, 1.807) is 6.20 Å². The monoisotopic (exact) mass is 246 g/mol. The van der Waals surface area contributed by atoms with Crippen molar-refractivity contribution in [2.45, 2.75) is 26.7 Å². The van der Waals surface area contributed by atoms with Gasteiger partial charge in [-0.25, -0.2) is 0 Å². The Morgan fingerprint density at radius 2 is 2.22 bits per heavy atom. The fourth-order valence-electron chi connectivity index (χ4n) is 1.69. The van der Waals surface area contributed by atoms with E-state index in [0.717, 1.165) is 37.2 Å². The van der Waals surface area contributed by atoms with Crippen molar-refractivity contribution in [1.29, 1.82) is 0 Å². The van der Waals surface area contributed by atoms with Gasteiger partial charge in [-0.1, -0.05) is 6.92 Å². The summed E-state index contributed by atoms with van der Waals surface area (Å²) < 4.78 is 5.63. The first-order valence-corrected chi connectivity index (χ1v) is 6.25. The van der Waals surface area contributed by atoms with Crippen LogP contribution in [-0.4, -0.2) is 28.3 Å². The quantitative estimate of drug-likeness (QED) is 0.790. The number of nitrogens with one attached hydrogen (secondary N) is 1. The third-order valence-electron chi connectivity index (χ3n) is 2.60. The van der Waals surface area contributed by atoms with Crippen LogP contribution in [0.4, 0.5) is 0 Å². The first kappa shape index (κ1) is 12.7. The van der Waals surface area contributed by atoms with Crippen LogP contribution >= 0.6 is 0 Å². The average molecular weight is 246 g/mol. The molecule has 0 saturated carbocycles. The maximum atomic E-state index is 5.63. The Labute approximate surface area is 107 Å². The molecule has 0 aromatic carbocycles. The van der Waals surface area contributed by atoms with Crippen molar-refractivity contribution in [3.8, 4) is 11.5 Å². The molecular weight excluding hydrogens is 228 g/mol. The van der Waals surface area contributed by atoms with Crippen LogP contribution in [0.5, 0.6) is 0 Å². The zero-order chi connectivity index (χ0) is 12.8. The molecule has 0 saturated heterocycles. The van der Waals surface area contributed by atoms with E-state index in [2.05, 4.69) is 27.4 Å². The molecule has 1 N–H and O–H groups in total. The molecule has 5 nitrogen and oxygen atoms in total. The Morgan fingerprint density at radius 1 is 1.33 bits per heavy atom. The second-order valence-electron chi connectivity index (χ2n) is 4.14. The average Bonchev–Trinajstić information content (AvgIpc) is 2.83. The van der Waals surface area contributed by atoms with Crippen molar-refractivity contribution in [1.82, 2.24) is 20.5 Å². The highest BCUT2D eigenvalue weighted by Crippen LogP contribution is 2.18. The summed E-state index contributed by atoms with van der Waals surface area (Å²) in [6, 6.07) is 3.82. The van der Waals surface area contributed by atoms with E-state index < -0.39 is 0 Å². The van der Waals surface area contributed by atoms with Gasteiger partial charge in [0.25, 0.3) is 0 Å². The fraction of sp³-hybridized carbons (Fsp3) is 0.462. The molecule has 0 aliphatic carbocycles. The molecular formula is C13H18N4O. The maximum absolute atomic E-state index is 5.63. The van der Waals surface area contributed by atoms with Crippen molar-refractivity contribution in [2.75, 3.05) is 13.1 Å². The lowest BCUT2D eigenvalue weighted by molar-refractivity contribution is 0.492. The third-order valence-corrected chi connectivity index (χ3v) is 2.60. The molecule has 96 valence electrons. The van der Waals surface area contributed by atoms with Crippen LogP contribution in [0, 0.1) is 6.92 Å². The minimum Gasteiger partial charge on any atom is -0.421 e. The number of rotatable bonds is 6. The minimum absolute atomic E-state index is 0.568. The van der Waals surface area contributed by atoms with Gasteiger partial charge in [0.1, 0.15) is 0 Å².